The number of hydrogen-bond donors (Lipinski definition) is 2. The third-order valence-corrected chi connectivity index (χ3v) is 1.55. The maximum atomic E-state index is 5.00. The molecule has 0 unspecified atom stereocenters. The summed E-state index contributed by atoms with van der Waals surface area (Å²) in [5.41, 5.74) is 0.962. The molecule has 0 heterocycles. The smallest absolute Gasteiger partial charge is 0.170 e. The van der Waals surface area contributed by atoms with Crippen LogP contribution in [-0.2, 0) is 0 Å². The molecule has 63 valence electrons. The van der Waals surface area contributed by atoms with E-state index >= 15 is 0 Å². The van der Waals surface area contributed by atoms with Crippen molar-refractivity contribution in [3.8, 4) is 0 Å². The van der Waals surface area contributed by atoms with Crippen LogP contribution in [0.2, 0.25) is 0 Å². The Bertz CT molecular complexity index is 246. The van der Waals surface area contributed by atoms with Crippen LogP contribution in [0.25, 0.3) is 0 Å². The number of hydrogen-bond acceptors (Lipinski definition) is 1. The Labute approximate surface area is 78.0 Å². The van der Waals surface area contributed by atoms with Gasteiger partial charge >= 0.3 is 0 Å². The maximum Gasteiger partial charge on any atom is 0.170 e. The number of benzene rings is 1. The van der Waals surface area contributed by atoms with Crippen molar-refractivity contribution in [3.05, 3.63) is 30.3 Å². The molecule has 0 fully saturated rings. The summed E-state index contributed by atoms with van der Waals surface area (Å²) < 4.78 is 0. The quantitative estimate of drug-likeness (QED) is 0.677. The average Bonchev–Trinajstić information content (AvgIpc) is 2.06. The zero-order chi connectivity index (χ0) is 8.81. The molecule has 1 aromatic rings. The fourth-order valence-electron chi connectivity index (χ4n) is 0.807. The molecule has 0 saturated carbocycles. The lowest BCUT2D eigenvalue weighted by Gasteiger charge is -2.07. The van der Waals surface area contributed by atoms with Gasteiger partial charge in [0.05, 0.1) is 0 Å². The van der Waals surface area contributed by atoms with Crippen LogP contribution in [0.1, 0.15) is 6.92 Å². The molecule has 0 aliphatic carbocycles. The van der Waals surface area contributed by atoms with E-state index in [0.29, 0.717) is 5.11 Å². The van der Waals surface area contributed by atoms with Gasteiger partial charge in [-0.15, -0.1) is 0 Å². The Kier molecular flexibility index (Phi) is 3.54. The molecule has 2 nitrogen and oxygen atoms in total. The Morgan fingerprint density at radius 2 is 2.50 bits per heavy atom. The van der Waals surface area contributed by atoms with Gasteiger partial charge in [-0.2, -0.15) is 0 Å². The maximum absolute atomic E-state index is 5.00. The van der Waals surface area contributed by atoms with Gasteiger partial charge in [0.2, 0.25) is 0 Å². The second-order valence-corrected chi connectivity index (χ2v) is 2.68. The first kappa shape index (κ1) is 9.00. The average molecular weight is 179 g/mol. The highest BCUT2D eigenvalue weighted by Crippen LogP contribution is 2.03. The SMILES string of the molecule is CCNC(=S)Nc1c[c]ccc1. The number of thiocarbonyl (C=S) groups is 1. The lowest BCUT2D eigenvalue weighted by atomic mass is 10.3. The van der Waals surface area contributed by atoms with Crippen LogP contribution in [0, 0.1) is 6.07 Å². The van der Waals surface area contributed by atoms with Crippen LogP contribution in [-0.4, -0.2) is 11.7 Å². The zero-order valence-electron chi connectivity index (χ0n) is 6.92. The van der Waals surface area contributed by atoms with Gasteiger partial charge in [-0.05, 0) is 37.3 Å². The first-order valence-electron chi connectivity index (χ1n) is 3.84. The van der Waals surface area contributed by atoms with E-state index in [9.17, 15) is 0 Å². The molecule has 12 heavy (non-hydrogen) atoms. The molecule has 0 spiro atoms. The Hall–Kier alpha value is -1.09. The summed E-state index contributed by atoms with van der Waals surface area (Å²) in [5.74, 6) is 0. The topological polar surface area (TPSA) is 24.1 Å². The van der Waals surface area contributed by atoms with Crippen molar-refractivity contribution in [2.24, 2.45) is 0 Å². The fraction of sp³-hybridized carbons (Fsp3) is 0.222. The minimum atomic E-state index is 0.650. The van der Waals surface area contributed by atoms with Crippen LogP contribution in [0.4, 0.5) is 5.69 Å². The fourth-order valence-corrected chi connectivity index (χ4v) is 1.07. The molecule has 0 atom stereocenters. The third kappa shape index (κ3) is 2.88. The molecule has 0 bridgehead atoms. The molecular formula is C9H11N2S. The number of anilines is 1. The van der Waals surface area contributed by atoms with Crippen LogP contribution in [0.3, 0.4) is 0 Å². The Morgan fingerprint density at radius 3 is 3.08 bits per heavy atom. The second kappa shape index (κ2) is 4.72. The van der Waals surface area contributed by atoms with Crippen molar-refractivity contribution in [2.75, 3.05) is 11.9 Å². The van der Waals surface area contributed by atoms with Crippen LogP contribution in [0.15, 0.2) is 24.3 Å². The minimum Gasteiger partial charge on any atom is -0.363 e. The monoisotopic (exact) mass is 179 g/mol. The number of rotatable bonds is 2. The summed E-state index contributed by atoms with van der Waals surface area (Å²) in [7, 11) is 0. The molecular weight excluding hydrogens is 168 g/mol. The lowest BCUT2D eigenvalue weighted by molar-refractivity contribution is 0.979. The first-order valence-corrected chi connectivity index (χ1v) is 4.24. The summed E-state index contributed by atoms with van der Waals surface area (Å²) in [6.07, 6.45) is 0. The largest absolute Gasteiger partial charge is 0.363 e. The van der Waals surface area contributed by atoms with E-state index in [1.165, 1.54) is 0 Å². The molecule has 0 amide bonds. The molecule has 3 heteroatoms. The van der Waals surface area contributed by atoms with Gasteiger partial charge in [-0.3, -0.25) is 0 Å². The highest BCUT2D eigenvalue weighted by Gasteiger charge is 1.92. The van der Waals surface area contributed by atoms with Crippen molar-refractivity contribution < 1.29 is 0 Å². The second-order valence-electron chi connectivity index (χ2n) is 2.28. The van der Waals surface area contributed by atoms with E-state index < -0.39 is 0 Å². The third-order valence-electron chi connectivity index (χ3n) is 1.30. The normalized spacial score (nSPS) is 9.08. The van der Waals surface area contributed by atoms with Crippen molar-refractivity contribution >= 4 is 23.0 Å². The van der Waals surface area contributed by atoms with Gasteiger partial charge in [0, 0.05) is 12.2 Å². The van der Waals surface area contributed by atoms with Gasteiger partial charge in [0.1, 0.15) is 0 Å². The van der Waals surface area contributed by atoms with Gasteiger partial charge in [0.15, 0.2) is 5.11 Å². The molecule has 2 N–H and O–H groups in total. The van der Waals surface area contributed by atoms with E-state index in [4.69, 9.17) is 12.2 Å². The van der Waals surface area contributed by atoms with Crippen LogP contribution in [0.5, 0.6) is 0 Å². The molecule has 1 radical (unpaired) electrons. The van der Waals surface area contributed by atoms with Gasteiger partial charge < -0.3 is 10.6 Å². The molecule has 1 rings (SSSR count). The minimum absolute atomic E-state index is 0.650. The Balaban J connectivity index is 2.47. The predicted octanol–water partition coefficient (Wildman–Crippen LogP) is 1.79. The van der Waals surface area contributed by atoms with Crippen molar-refractivity contribution in [2.45, 2.75) is 6.92 Å². The van der Waals surface area contributed by atoms with Crippen LogP contribution >= 0.6 is 12.2 Å². The van der Waals surface area contributed by atoms with E-state index in [1.807, 2.05) is 31.2 Å². The van der Waals surface area contributed by atoms with Crippen LogP contribution < -0.4 is 10.6 Å². The molecule has 0 aliphatic rings. The predicted molar refractivity (Wildman–Crippen MR) is 55.2 cm³/mol. The zero-order valence-corrected chi connectivity index (χ0v) is 7.74. The van der Waals surface area contributed by atoms with E-state index in [-0.39, 0.29) is 0 Å². The van der Waals surface area contributed by atoms with E-state index in [1.54, 1.807) is 0 Å². The van der Waals surface area contributed by atoms with Crippen molar-refractivity contribution in [1.82, 2.24) is 5.32 Å². The van der Waals surface area contributed by atoms with Crippen molar-refractivity contribution in [3.63, 3.8) is 0 Å². The summed E-state index contributed by atoms with van der Waals surface area (Å²) in [6.45, 7) is 2.84. The highest BCUT2D eigenvalue weighted by molar-refractivity contribution is 7.80. The van der Waals surface area contributed by atoms with E-state index in [0.717, 1.165) is 12.2 Å². The molecule has 1 aromatic carbocycles. The van der Waals surface area contributed by atoms with E-state index in [2.05, 4.69) is 16.7 Å². The van der Waals surface area contributed by atoms with Gasteiger partial charge in [-0.25, -0.2) is 0 Å². The summed E-state index contributed by atoms with van der Waals surface area (Å²) in [5, 5.41) is 6.68. The molecule has 0 saturated heterocycles. The standard InChI is InChI=1S/C9H11N2S/c1-2-10-9(12)11-8-6-4-3-5-7-8/h3-4,6-7H,2H2,1H3,(H2,10,11,12). The Morgan fingerprint density at radius 1 is 1.67 bits per heavy atom. The number of nitrogens with one attached hydrogen (secondary N) is 2. The summed E-state index contributed by atoms with van der Waals surface area (Å²) in [4.78, 5) is 0. The van der Waals surface area contributed by atoms with Crippen molar-refractivity contribution in [1.29, 1.82) is 0 Å². The lowest BCUT2D eigenvalue weighted by Crippen LogP contribution is -2.27. The summed E-state index contributed by atoms with van der Waals surface area (Å²) in [6, 6.07) is 10.5. The van der Waals surface area contributed by atoms with Gasteiger partial charge in [-0.1, -0.05) is 12.1 Å². The van der Waals surface area contributed by atoms with Gasteiger partial charge in [0.25, 0.3) is 0 Å². The molecule has 0 aliphatic heterocycles. The summed E-state index contributed by atoms with van der Waals surface area (Å²) >= 11 is 5.00. The molecule has 0 aromatic heterocycles. The highest BCUT2D eigenvalue weighted by atomic mass is 32.1. The first-order chi connectivity index (χ1) is 5.83.